The zero-order valence-electron chi connectivity index (χ0n) is 16.4. The van der Waals surface area contributed by atoms with Crippen LogP contribution in [0.25, 0.3) is 0 Å². The number of carbonyl (C=O) groups is 1. The predicted octanol–water partition coefficient (Wildman–Crippen LogP) is 4.51. The van der Waals surface area contributed by atoms with Crippen molar-refractivity contribution >= 4 is 12.1 Å². The molecule has 28 heavy (non-hydrogen) atoms. The van der Waals surface area contributed by atoms with E-state index in [1.807, 2.05) is 48.5 Å². The third-order valence-corrected chi connectivity index (χ3v) is 4.03. The Balaban J connectivity index is 1.77. The molecular weight excluding hydrogens is 352 g/mol. The SMILES string of the molecule is C=CCOc1ccccc1/C=N\NC(=O)COc1ccc(CCCCC)cc1. The maximum absolute atomic E-state index is 11.9. The number of nitrogens with zero attached hydrogens (tertiary/aromatic N) is 1. The van der Waals surface area contributed by atoms with Gasteiger partial charge in [-0.05, 0) is 42.7 Å². The number of para-hydroxylation sites is 1. The summed E-state index contributed by atoms with van der Waals surface area (Å²) in [4.78, 5) is 11.9. The number of carbonyl (C=O) groups excluding carboxylic acids is 1. The van der Waals surface area contributed by atoms with Crippen LogP contribution in [0.4, 0.5) is 0 Å². The molecule has 0 aliphatic carbocycles. The number of hydrogen-bond acceptors (Lipinski definition) is 4. The molecule has 2 rings (SSSR count). The highest BCUT2D eigenvalue weighted by Gasteiger charge is 2.03. The maximum Gasteiger partial charge on any atom is 0.277 e. The van der Waals surface area contributed by atoms with E-state index in [4.69, 9.17) is 9.47 Å². The summed E-state index contributed by atoms with van der Waals surface area (Å²) in [5.41, 5.74) is 4.51. The van der Waals surface area contributed by atoms with E-state index in [2.05, 4.69) is 24.0 Å². The lowest BCUT2D eigenvalue weighted by Crippen LogP contribution is -2.24. The van der Waals surface area contributed by atoms with E-state index in [-0.39, 0.29) is 12.5 Å². The van der Waals surface area contributed by atoms with E-state index >= 15 is 0 Å². The van der Waals surface area contributed by atoms with Crippen molar-refractivity contribution in [1.82, 2.24) is 5.43 Å². The van der Waals surface area contributed by atoms with Crippen LogP contribution in [0.15, 0.2) is 66.3 Å². The molecule has 0 atom stereocenters. The summed E-state index contributed by atoms with van der Waals surface area (Å²) in [6, 6.07) is 15.3. The van der Waals surface area contributed by atoms with Gasteiger partial charge in [-0.25, -0.2) is 5.43 Å². The first-order valence-corrected chi connectivity index (χ1v) is 9.59. The fourth-order valence-electron chi connectivity index (χ4n) is 2.55. The lowest BCUT2D eigenvalue weighted by Gasteiger charge is -2.07. The quantitative estimate of drug-likeness (QED) is 0.255. The summed E-state index contributed by atoms with van der Waals surface area (Å²) < 4.78 is 11.0. The van der Waals surface area contributed by atoms with Crippen molar-refractivity contribution in [2.45, 2.75) is 32.6 Å². The van der Waals surface area contributed by atoms with Gasteiger partial charge in [-0.2, -0.15) is 5.10 Å². The first-order chi connectivity index (χ1) is 13.7. The number of ether oxygens (including phenoxy) is 2. The standard InChI is InChI=1S/C23H28N2O3/c1-3-5-6-9-19-12-14-21(15-13-19)28-18-23(26)25-24-17-20-10-7-8-11-22(20)27-16-4-2/h4,7-8,10-15,17H,2-3,5-6,9,16,18H2,1H3,(H,25,26)/b24-17-. The monoisotopic (exact) mass is 380 g/mol. The van der Waals surface area contributed by atoms with Gasteiger partial charge in [0.15, 0.2) is 6.61 Å². The molecule has 148 valence electrons. The summed E-state index contributed by atoms with van der Waals surface area (Å²) in [7, 11) is 0. The summed E-state index contributed by atoms with van der Waals surface area (Å²) in [5, 5.41) is 3.97. The third-order valence-electron chi connectivity index (χ3n) is 4.03. The van der Waals surface area contributed by atoms with Crippen molar-refractivity contribution in [2.75, 3.05) is 13.2 Å². The molecule has 0 aliphatic rings. The van der Waals surface area contributed by atoms with Crippen molar-refractivity contribution in [1.29, 1.82) is 0 Å². The molecule has 1 N–H and O–H groups in total. The van der Waals surface area contributed by atoms with Crippen LogP contribution in [0, 0.1) is 0 Å². The molecule has 2 aromatic rings. The van der Waals surface area contributed by atoms with Gasteiger partial charge in [0, 0.05) is 5.56 Å². The minimum absolute atomic E-state index is 0.0961. The van der Waals surface area contributed by atoms with E-state index in [1.165, 1.54) is 24.8 Å². The van der Waals surface area contributed by atoms with Gasteiger partial charge in [0.05, 0.1) is 6.21 Å². The molecule has 5 nitrogen and oxygen atoms in total. The molecule has 0 aliphatic heterocycles. The maximum atomic E-state index is 11.9. The van der Waals surface area contributed by atoms with Crippen molar-refractivity contribution in [3.05, 3.63) is 72.3 Å². The van der Waals surface area contributed by atoms with Gasteiger partial charge < -0.3 is 9.47 Å². The number of hydrogen-bond donors (Lipinski definition) is 1. The number of benzene rings is 2. The minimum Gasteiger partial charge on any atom is -0.489 e. The number of nitrogens with one attached hydrogen (secondary N) is 1. The van der Waals surface area contributed by atoms with Crippen LogP contribution in [0.2, 0.25) is 0 Å². The highest BCUT2D eigenvalue weighted by Crippen LogP contribution is 2.16. The average Bonchev–Trinajstić information content (AvgIpc) is 2.72. The molecule has 0 saturated heterocycles. The predicted molar refractivity (Wildman–Crippen MR) is 113 cm³/mol. The molecule has 2 aromatic carbocycles. The second kappa shape index (κ2) is 12.3. The van der Waals surface area contributed by atoms with Crippen molar-refractivity contribution < 1.29 is 14.3 Å². The van der Waals surface area contributed by atoms with E-state index in [1.54, 1.807) is 12.3 Å². The van der Waals surface area contributed by atoms with Gasteiger partial charge in [-0.15, -0.1) is 0 Å². The van der Waals surface area contributed by atoms with Crippen molar-refractivity contribution in [3.63, 3.8) is 0 Å². The topological polar surface area (TPSA) is 59.9 Å². The van der Waals surface area contributed by atoms with Gasteiger partial charge in [-0.1, -0.05) is 56.7 Å². The van der Waals surface area contributed by atoms with Gasteiger partial charge >= 0.3 is 0 Å². The Kier molecular flexibility index (Phi) is 9.35. The largest absolute Gasteiger partial charge is 0.489 e. The highest BCUT2D eigenvalue weighted by atomic mass is 16.5. The molecule has 0 unspecified atom stereocenters. The zero-order chi connectivity index (χ0) is 20.0. The first-order valence-electron chi connectivity index (χ1n) is 9.59. The van der Waals surface area contributed by atoms with Gasteiger partial charge in [0.2, 0.25) is 0 Å². The zero-order valence-corrected chi connectivity index (χ0v) is 16.4. The van der Waals surface area contributed by atoms with E-state index in [0.717, 1.165) is 12.0 Å². The Morgan fingerprint density at radius 3 is 2.64 bits per heavy atom. The molecule has 0 spiro atoms. The van der Waals surface area contributed by atoms with Crippen LogP contribution in [0.1, 0.15) is 37.3 Å². The van der Waals surface area contributed by atoms with Crippen molar-refractivity contribution in [2.24, 2.45) is 5.10 Å². The Morgan fingerprint density at radius 2 is 1.89 bits per heavy atom. The van der Waals surface area contributed by atoms with Crippen LogP contribution in [0.3, 0.4) is 0 Å². The molecule has 0 aromatic heterocycles. The molecule has 0 saturated carbocycles. The number of amides is 1. The highest BCUT2D eigenvalue weighted by molar-refractivity contribution is 5.85. The molecule has 0 bridgehead atoms. The molecule has 0 fully saturated rings. The van der Waals surface area contributed by atoms with Crippen LogP contribution >= 0.6 is 0 Å². The summed E-state index contributed by atoms with van der Waals surface area (Å²) >= 11 is 0. The second-order valence-electron chi connectivity index (χ2n) is 6.32. The van der Waals surface area contributed by atoms with E-state index in [9.17, 15) is 4.79 Å². The molecule has 0 radical (unpaired) electrons. The average molecular weight is 380 g/mol. The van der Waals surface area contributed by atoms with E-state index in [0.29, 0.717) is 18.1 Å². The molecule has 1 amide bonds. The summed E-state index contributed by atoms with van der Waals surface area (Å²) in [6.07, 6.45) is 7.93. The Labute approximate surface area is 167 Å². The van der Waals surface area contributed by atoms with Gasteiger partial charge in [0.1, 0.15) is 18.1 Å². The molecular formula is C23H28N2O3. The number of aryl methyl sites for hydroxylation is 1. The molecule has 0 heterocycles. The third kappa shape index (κ3) is 7.66. The fourth-order valence-corrected chi connectivity index (χ4v) is 2.55. The van der Waals surface area contributed by atoms with Crippen LogP contribution in [0.5, 0.6) is 11.5 Å². The van der Waals surface area contributed by atoms with Gasteiger partial charge in [0.25, 0.3) is 5.91 Å². The lowest BCUT2D eigenvalue weighted by atomic mass is 10.1. The summed E-state index contributed by atoms with van der Waals surface area (Å²) in [5.74, 6) is 1.02. The van der Waals surface area contributed by atoms with E-state index < -0.39 is 0 Å². The number of unbranched alkanes of at least 4 members (excludes halogenated alkanes) is 2. The lowest BCUT2D eigenvalue weighted by molar-refractivity contribution is -0.123. The first kappa shape index (κ1) is 21.2. The number of hydrazone groups is 1. The minimum atomic E-state index is -0.326. The van der Waals surface area contributed by atoms with Crippen LogP contribution < -0.4 is 14.9 Å². The fraction of sp³-hybridized carbons (Fsp3) is 0.304. The van der Waals surface area contributed by atoms with Gasteiger partial charge in [-0.3, -0.25) is 4.79 Å². The number of rotatable bonds is 12. The normalized spacial score (nSPS) is 10.6. The smallest absolute Gasteiger partial charge is 0.277 e. The Morgan fingerprint density at radius 1 is 1.11 bits per heavy atom. The molecule has 5 heteroatoms. The van der Waals surface area contributed by atoms with Crippen molar-refractivity contribution in [3.8, 4) is 11.5 Å². The Hall–Kier alpha value is -3.08. The van der Waals surface area contributed by atoms with Crippen LogP contribution in [-0.4, -0.2) is 25.3 Å². The Bertz CT molecular complexity index is 770. The second-order valence-corrected chi connectivity index (χ2v) is 6.32. The van der Waals surface area contributed by atoms with Crippen LogP contribution in [-0.2, 0) is 11.2 Å². The summed E-state index contributed by atoms with van der Waals surface area (Å²) in [6.45, 7) is 6.13.